The third kappa shape index (κ3) is 63.1. The molecule has 0 saturated carbocycles. The van der Waals surface area contributed by atoms with E-state index in [9.17, 15) is 19.0 Å². The van der Waals surface area contributed by atoms with Crippen molar-refractivity contribution >= 4 is 19.8 Å². The van der Waals surface area contributed by atoms with Gasteiger partial charge < -0.3 is 18.9 Å². The van der Waals surface area contributed by atoms with E-state index >= 15 is 0 Å². The third-order valence-corrected chi connectivity index (χ3v) is 13.9. The maximum absolute atomic E-state index is 12.8. The maximum atomic E-state index is 12.8. The maximum Gasteiger partial charge on any atom is 0.472 e. The molecule has 2 atom stereocenters. The van der Waals surface area contributed by atoms with E-state index in [1.54, 1.807) is 0 Å². The predicted octanol–water partition coefficient (Wildman–Crippen LogP) is 20.3. The molecule has 0 aliphatic carbocycles. The molecule has 1 N–H and O–H groups in total. The third-order valence-electron chi connectivity index (χ3n) is 12.9. The highest BCUT2D eigenvalue weighted by molar-refractivity contribution is 7.47. The number of hydrogen-bond donors (Lipinski definition) is 1. The van der Waals surface area contributed by atoms with E-state index in [1.807, 2.05) is 21.1 Å². The summed E-state index contributed by atoms with van der Waals surface area (Å²) in [4.78, 5) is 35.7. The molecule has 0 saturated heterocycles. The topological polar surface area (TPSA) is 108 Å². The first-order valence-corrected chi connectivity index (χ1v) is 33.1. The van der Waals surface area contributed by atoms with Crippen molar-refractivity contribution in [3.8, 4) is 0 Å². The van der Waals surface area contributed by atoms with Crippen molar-refractivity contribution in [1.29, 1.82) is 0 Å². The summed E-state index contributed by atoms with van der Waals surface area (Å²) in [5.74, 6) is -0.853. The Morgan fingerprint density at radius 1 is 0.400 bits per heavy atom. The van der Waals surface area contributed by atoms with Gasteiger partial charge in [0.2, 0.25) is 0 Å². The van der Waals surface area contributed by atoms with E-state index < -0.39 is 26.5 Å². The Balaban J connectivity index is 4.23. The van der Waals surface area contributed by atoms with Crippen LogP contribution >= 0.6 is 7.82 Å². The summed E-state index contributed by atoms with van der Waals surface area (Å²) in [6, 6.07) is 0. The van der Waals surface area contributed by atoms with Crippen LogP contribution in [0.3, 0.4) is 0 Å². The number of quaternary nitrogens is 1. The molecular weight excluding hydrogens is 1010 g/mol. The zero-order valence-electron chi connectivity index (χ0n) is 51.5. The largest absolute Gasteiger partial charge is 0.472 e. The number of unbranched alkanes of at least 4 members (excludes halogenated alkanes) is 18. The molecule has 0 spiro atoms. The van der Waals surface area contributed by atoms with Gasteiger partial charge >= 0.3 is 19.8 Å². The molecule has 0 amide bonds. The second-order valence-electron chi connectivity index (χ2n) is 21.7. The number of likely N-dealkylation sites (N-methyl/N-ethyl adjacent to an activating group) is 1. The molecule has 0 fully saturated rings. The highest BCUT2D eigenvalue weighted by Crippen LogP contribution is 2.43. The Bertz CT molecular complexity index is 1860. The zero-order chi connectivity index (χ0) is 58.4. The molecular formula is C70H117NO8P+. The van der Waals surface area contributed by atoms with Crippen LogP contribution in [0.2, 0.25) is 0 Å². The number of hydrogen-bond acceptors (Lipinski definition) is 7. The fourth-order valence-electron chi connectivity index (χ4n) is 8.06. The first-order valence-electron chi connectivity index (χ1n) is 31.6. The van der Waals surface area contributed by atoms with E-state index in [0.717, 1.165) is 109 Å². The van der Waals surface area contributed by atoms with E-state index in [0.29, 0.717) is 17.4 Å². The van der Waals surface area contributed by atoms with Gasteiger partial charge in [-0.2, -0.15) is 0 Å². The molecule has 80 heavy (non-hydrogen) atoms. The SMILES string of the molecule is CC/C=C\C/C=C\C/C=C\C/C=C\C/C=C\C/C=C\C/C=C\C/C=C\C/C=C\C/C=C\C/C=C\C/C=C\CCCCC(=O)OC(COC(=O)CCCCCCCCCCCCCCCCCCC)COP(=O)(O)OCC[N+](C)(C)C. The van der Waals surface area contributed by atoms with E-state index in [2.05, 4.69) is 160 Å². The number of carbonyl (C=O) groups excluding carboxylic acids is 2. The molecule has 0 aromatic heterocycles. The minimum Gasteiger partial charge on any atom is -0.462 e. The van der Waals surface area contributed by atoms with Crippen LogP contribution in [-0.2, 0) is 32.7 Å². The highest BCUT2D eigenvalue weighted by Gasteiger charge is 2.27. The molecule has 0 heterocycles. The first kappa shape index (κ1) is 75.9. The van der Waals surface area contributed by atoms with Crippen molar-refractivity contribution in [2.24, 2.45) is 0 Å². The van der Waals surface area contributed by atoms with Crippen molar-refractivity contribution in [3.05, 3.63) is 146 Å². The van der Waals surface area contributed by atoms with Crippen LogP contribution in [0.1, 0.15) is 232 Å². The number of esters is 2. The summed E-state index contributed by atoms with van der Waals surface area (Å²) in [6.45, 7) is 4.26. The molecule has 0 aliphatic heterocycles. The second-order valence-corrected chi connectivity index (χ2v) is 23.2. The van der Waals surface area contributed by atoms with Gasteiger partial charge in [0.05, 0.1) is 27.7 Å². The molecule has 0 radical (unpaired) electrons. The van der Waals surface area contributed by atoms with Gasteiger partial charge in [0, 0.05) is 12.8 Å². The van der Waals surface area contributed by atoms with Crippen LogP contribution in [-0.4, -0.2) is 74.9 Å². The van der Waals surface area contributed by atoms with Gasteiger partial charge in [0.25, 0.3) is 0 Å². The fraction of sp³-hybridized carbons (Fsp3) is 0.629. The van der Waals surface area contributed by atoms with Gasteiger partial charge in [-0.3, -0.25) is 18.6 Å². The quantitative estimate of drug-likeness (QED) is 0.0211. The lowest BCUT2D eigenvalue weighted by molar-refractivity contribution is -0.870. The van der Waals surface area contributed by atoms with Crippen LogP contribution in [0.4, 0.5) is 0 Å². The summed E-state index contributed by atoms with van der Waals surface area (Å²) in [6.07, 6.45) is 87.9. The Labute approximate surface area is 491 Å². The summed E-state index contributed by atoms with van der Waals surface area (Å²) in [5.41, 5.74) is 0. The normalized spacial score (nSPS) is 14.2. The number of allylic oxidation sites excluding steroid dienone is 24. The Hall–Kier alpha value is -4.11. The monoisotopic (exact) mass is 1130 g/mol. The minimum atomic E-state index is -4.41. The molecule has 9 nitrogen and oxygen atoms in total. The lowest BCUT2D eigenvalue weighted by Gasteiger charge is -2.24. The molecule has 0 aliphatic rings. The Kier molecular flexibility index (Phi) is 56.5. The molecule has 0 aromatic rings. The molecule has 10 heteroatoms. The lowest BCUT2D eigenvalue weighted by Crippen LogP contribution is -2.37. The van der Waals surface area contributed by atoms with E-state index in [1.165, 1.54) is 89.9 Å². The number of nitrogens with zero attached hydrogens (tertiary/aromatic N) is 1. The van der Waals surface area contributed by atoms with Crippen LogP contribution in [0.25, 0.3) is 0 Å². The molecule has 0 aromatic carbocycles. The van der Waals surface area contributed by atoms with Gasteiger partial charge in [-0.1, -0.05) is 262 Å². The average Bonchev–Trinajstić information content (AvgIpc) is 3.42. The van der Waals surface area contributed by atoms with Gasteiger partial charge in [-0.25, -0.2) is 4.57 Å². The summed E-state index contributed by atoms with van der Waals surface area (Å²) >= 11 is 0. The lowest BCUT2D eigenvalue weighted by atomic mass is 10.0. The second kappa shape index (κ2) is 59.5. The Morgan fingerprint density at radius 2 is 0.713 bits per heavy atom. The minimum absolute atomic E-state index is 0.0168. The van der Waals surface area contributed by atoms with Gasteiger partial charge in [-0.05, 0) is 103 Å². The number of rotatable bonds is 56. The highest BCUT2D eigenvalue weighted by atomic mass is 31.2. The van der Waals surface area contributed by atoms with Crippen LogP contribution < -0.4 is 0 Å². The van der Waals surface area contributed by atoms with Crippen LogP contribution in [0, 0.1) is 0 Å². The molecule has 0 rings (SSSR count). The number of phosphoric acid groups is 1. The summed E-state index contributed by atoms with van der Waals surface area (Å²) in [7, 11) is 1.43. The van der Waals surface area contributed by atoms with Crippen molar-refractivity contribution in [3.63, 3.8) is 0 Å². The smallest absolute Gasteiger partial charge is 0.462 e. The first-order chi connectivity index (χ1) is 39.0. The molecule has 0 bridgehead atoms. The fourth-order valence-corrected chi connectivity index (χ4v) is 8.80. The van der Waals surface area contributed by atoms with Crippen molar-refractivity contribution in [2.45, 2.75) is 238 Å². The van der Waals surface area contributed by atoms with Crippen molar-refractivity contribution < 1.29 is 42.1 Å². The molecule has 2 unspecified atom stereocenters. The van der Waals surface area contributed by atoms with Crippen LogP contribution in [0.15, 0.2) is 146 Å². The summed E-state index contributed by atoms with van der Waals surface area (Å²) < 4.78 is 34.5. The van der Waals surface area contributed by atoms with Crippen molar-refractivity contribution in [1.82, 2.24) is 0 Å². The molecule has 454 valence electrons. The zero-order valence-corrected chi connectivity index (χ0v) is 52.4. The van der Waals surface area contributed by atoms with E-state index in [4.69, 9.17) is 18.5 Å². The van der Waals surface area contributed by atoms with Gasteiger partial charge in [0.1, 0.15) is 19.8 Å². The average molecular weight is 1130 g/mol. The van der Waals surface area contributed by atoms with Crippen LogP contribution in [0.5, 0.6) is 0 Å². The van der Waals surface area contributed by atoms with Crippen molar-refractivity contribution in [2.75, 3.05) is 47.5 Å². The Morgan fingerprint density at radius 3 is 1.06 bits per heavy atom. The number of carbonyl (C=O) groups is 2. The standard InChI is InChI=1S/C70H116NO8P/c1-6-8-10-12-14-16-18-20-22-24-25-26-27-28-29-30-31-32-33-34-35-36-37-38-39-40-41-42-43-44-45-47-49-51-53-55-57-59-61-63-70(73)79-68(67-78-80(74,75)77-65-64-71(3,4)5)66-76-69(72)62-60-58-56-54-52-50-48-46-23-21-19-17-15-13-11-9-7-2/h8,10,14,16,20,22,25-26,28-29,31-32,34-35,37-38,40-41,43-44,47,49,53,55,68H,6-7,9,11-13,15,17-19,21,23-24,27,30,33,36,39,42,45-46,48,50-52,54,56-67H2,1-5H3/p+1/b10-8-,16-14-,22-20-,26-25-,29-28-,32-31-,35-34-,38-37-,41-40-,44-43-,49-47-,55-53-. The number of ether oxygens (including phenoxy) is 2. The van der Waals surface area contributed by atoms with Gasteiger partial charge in [0.15, 0.2) is 6.10 Å². The predicted molar refractivity (Wildman–Crippen MR) is 343 cm³/mol. The van der Waals surface area contributed by atoms with Gasteiger partial charge in [-0.15, -0.1) is 0 Å². The van der Waals surface area contributed by atoms with E-state index in [-0.39, 0.29) is 32.0 Å². The summed E-state index contributed by atoms with van der Waals surface area (Å²) in [5, 5.41) is 0. The number of phosphoric ester groups is 1.